The van der Waals surface area contributed by atoms with Gasteiger partial charge in [0, 0.05) is 5.69 Å². The summed E-state index contributed by atoms with van der Waals surface area (Å²) in [4.78, 5) is 23.9. The summed E-state index contributed by atoms with van der Waals surface area (Å²) in [7, 11) is 0. The van der Waals surface area contributed by atoms with Crippen LogP contribution < -0.4 is 5.32 Å². The molecule has 4 rings (SSSR count). The van der Waals surface area contributed by atoms with Crippen LogP contribution in [0.4, 0.5) is 5.69 Å². The first kappa shape index (κ1) is 18.9. The van der Waals surface area contributed by atoms with E-state index in [2.05, 4.69) is 11.4 Å². The number of anilines is 1. The largest absolute Gasteiger partial charge is 0.478 e. The highest BCUT2D eigenvalue weighted by Crippen LogP contribution is 2.30. The molecule has 5 nitrogen and oxygen atoms in total. The van der Waals surface area contributed by atoms with Crippen molar-refractivity contribution in [3.8, 4) is 6.07 Å². The molecule has 0 aromatic heterocycles. The molecule has 144 valence electrons. The SMILES string of the molecule is N#C/C(=C/c1c2ccccc2cc2ccccc12)C(=O)Nc1cccc(C(=O)O)c1. The standard InChI is InChI=1S/C25H16N2O3/c26-15-19(24(28)27-20-9-5-8-18(13-20)25(29)30)14-23-21-10-3-1-6-16(21)12-17-7-2-4-11-22(17)23/h1-14H,(H,27,28)(H,29,30)/b19-14-. The molecule has 4 aromatic carbocycles. The zero-order valence-corrected chi connectivity index (χ0v) is 15.8. The molecule has 0 saturated heterocycles. The number of nitrogens with one attached hydrogen (secondary N) is 1. The summed E-state index contributed by atoms with van der Waals surface area (Å²) in [6.45, 7) is 0. The van der Waals surface area contributed by atoms with E-state index in [1.807, 2.05) is 54.6 Å². The van der Waals surface area contributed by atoms with Crippen molar-refractivity contribution in [1.29, 1.82) is 5.26 Å². The van der Waals surface area contributed by atoms with E-state index in [1.165, 1.54) is 18.2 Å². The fourth-order valence-electron chi connectivity index (χ4n) is 3.43. The lowest BCUT2D eigenvalue weighted by atomic mass is 9.95. The van der Waals surface area contributed by atoms with Crippen LogP contribution in [0.3, 0.4) is 0 Å². The second kappa shape index (κ2) is 7.90. The summed E-state index contributed by atoms with van der Waals surface area (Å²) in [5.41, 5.74) is 1.08. The number of amides is 1. The molecule has 0 heterocycles. The Kier molecular flexibility index (Phi) is 4.98. The fourth-order valence-corrected chi connectivity index (χ4v) is 3.43. The van der Waals surface area contributed by atoms with Crippen LogP contribution in [0.2, 0.25) is 0 Å². The van der Waals surface area contributed by atoms with Gasteiger partial charge in [-0.1, -0.05) is 54.6 Å². The molecule has 4 aromatic rings. The number of carbonyl (C=O) groups is 2. The van der Waals surface area contributed by atoms with Crippen molar-refractivity contribution in [3.05, 3.63) is 95.6 Å². The molecule has 0 unspecified atom stereocenters. The van der Waals surface area contributed by atoms with Crippen LogP contribution in [0, 0.1) is 11.3 Å². The van der Waals surface area contributed by atoms with Gasteiger partial charge in [0.05, 0.1) is 5.56 Å². The Hall–Kier alpha value is -4.43. The van der Waals surface area contributed by atoms with E-state index < -0.39 is 11.9 Å². The van der Waals surface area contributed by atoms with Crippen LogP contribution in [-0.4, -0.2) is 17.0 Å². The second-order valence-corrected chi connectivity index (χ2v) is 6.74. The van der Waals surface area contributed by atoms with Crippen molar-refractivity contribution in [3.63, 3.8) is 0 Å². The number of carboxylic acids is 1. The van der Waals surface area contributed by atoms with Gasteiger partial charge >= 0.3 is 5.97 Å². The van der Waals surface area contributed by atoms with E-state index in [-0.39, 0.29) is 11.1 Å². The van der Waals surface area contributed by atoms with Crippen LogP contribution in [0.25, 0.3) is 27.6 Å². The van der Waals surface area contributed by atoms with Crippen molar-refractivity contribution in [2.75, 3.05) is 5.32 Å². The summed E-state index contributed by atoms with van der Waals surface area (Å²) in [6.07, 6.45) is 1.58. The summed E-state index contributed by atoms with van der Waals surface area (Å²) in [6, 6.07) is 25.5. The van der Waals surface area contributed by atoms with Gasteiger partial charge in [-0.3, -0.25) is 4.79 Å². The molecular weight excluding hydrogens is 376 g/mol. The molecular formula is C25H16N2O3. The highest BCUT2D eigenvalue weighted by Gasteiger charge is 2.13. The van der Waals surface area contributed by atoms with Crippen LogP contribution in [0.15, 0.2) is 84.4 Å². The molecule has 30 heavy (non-hydrogen) atoms. The number of benzene rings is 4. The molecule has 0 atom stereocenters. The minimum atomic E-state index is -1.09. The first-order valence-corrected chi connectivity index (χ1v) is 9.24. The van der Waals surface area contributed by atoms with Crippen LogP contribution >= 0.6 is 0 Å². The Morgan fingerprint density at radius 3 is 2.10 bits per heavy atom. The van der Waals surface area contributed by atoms with E-state index in [0.29, 0.717) is 5.69 Å². The first-order valence-electron chi connectivity index (χ1n) is 9.24. The Balaban J connectivity index is 1.80. The lowest BCUT2D eigenvalue weighted by Crippen LogP contribution is -2.14. The summed E-state index contributed by atoms with van der Waals surface area (Å²) in [5.74, 6) is -1.69. The van der Waals surface area contributed by atoms with Gasteiger partial charge in [-0.15, -0.1) is 0 Å². The van der Waals surface area contributed by atoms with E-state index in [1.54, 1.807) is 12.1 Å². The van der Waals surface area contributed by atoms with Gasteiger partial charge in [-0.05, 0) is 57.4 Å². The second-order valence-electron chi connectivity index (χ2n) is 6.74. The Morgan fingerprint density at radius 2 is 1.50 bits per heavy atom. The third-order valence-corrected chi connectivity index (χ3v) is 4.83. The predicted octanol–water partition coefficient (Wildman–Crippen LogP) is 5.24. The minimum absolute atomic E-state index is 0.0512. The molecule has 0 aliphatic carbocycles. The first-order chi connectivity index (χ1) is 14.6. The number of hydrogen-bond donors (Lipinski definition) is 2. The molecule has 0 radical (unpaired) electrons. The molecule has 0 spiro atoms. The van der Waals surface area contributed by atoms with Gasteiger partial charge in [-0.25, -0.2) is 4.79 Å². The van der Waals surface area contributed by atoms with E-state index in [9.17, 15) is 14.9 Å². The number of carboxylic acid groups (broad SMARTS) is 1. The van der Waals surface area contributed by atoms with Crippen molar-refractivity contribution in [2.45, 2.75) is 0 Å². The van der Waals surface area contributed by atoms with E-state index >= 15 is 0 Å². The third-order valence-electron chi connectivity index (χ3n) is 4.83. The molecule has 5 heteroatoms. The quantitative estimate of drug-likeness (QED) is 0.282. The zero-order chi connectivity index (χ0) is 21.1. The summed E-state index contributed by atoms with van der Waals surface area (Å²) < 4.78 is 0. The highest BCUT2D eigenvalue weighted by atomic mass is 16.4. The number of fused-ring (bicyclic) bond motifs is 2. The molecule has 0 bridgehead atoms. The maximum absolute atomic E-state index is 12.8. The third kappa shape index (κ3) is 3.62. The van der Waals surface area contributed by atoms with Crippen LogP contribution in [0.1, 0.15) is 15.9 Å². The number of rotatable bonds is 4. The van der Waals surface area contributed by atoms with Gasteiger partial charge in [0.25, 0.3) is 5.91 Å². The Morgan fingerprint density at radius 1 is 0.867 bits per heavy atom. The number of hydrogen-bond acceptors (Lipinski definition) is 3. The van der Waals surface area contributed by atoms with Crippen molar-refractivity contribution < 1.29 is 14.7 Å². The van der Waals surface area contributed by atoms with Gasteiger partial charge in [0.1, 0.15) is 11.6 Å². The Bertz CT molecular complexity index is 1330. The summed E-state index contributed by atoms with van der Waals surface area (Å²) >= 11 is 0. The predicted molar refractivity (Wildman–Crippen MR) is 117 cm³/mol. The Labute approximate surface area is 172 Å². The number of nitriles is 1. The highest BCUT2D eigenvalue weighted by molar-refractivity contribution is 6.14. The normalized spacial score (nSPS) is 11.2. The van der Waals surface area contributed by atoms with Crippen molar-refractivity contribution >= 4 is 45.2 Å². The van der Waals surface area contributed by atoms with Crippen LogP contribution in [0.5, 0.6) is 0 Å². The molecule has 1 amide bonds. The smallest absolute Gasteiger partial charge is 0.335 e. The molecule has 0 aliphatic rings. The summed E-state index contributed by atoms with van der Waals surface area (Å²) in [5, 5.41) is 25.3. The maximum Gasteiger partial charge on any atom is 0.335 e. The molecule has 2 N–H and O–H groups in total. The minimum Gasteiger partial charge on any atom is -0.478 e. The van der Waals surface area contributed by atoms with Crippen molar-refractivity contribution in [2.24, 2.45) is 0 Å². The lowest BCUT2D eigenvalue weighted by Gasteiger charge is -2.10. The monoisotopic (exact) mass is 392 g/mol. The average Bonchev–Trinajstić information content (AvgIpc) is 2.76. The van der Waals surface area contributed by atoms with E-state index in [0.717, 1.165) is 27.1 Å². The lowest BCUT2D eigenvalue weighted by molar-refractivity contribution is -0.112. The van der Waals surface area contributed by atoms with E-state index in [4.69, 9.17) is 5.11 Å². The average molecular weight is 392 g/mol. The van der Waals surface area contributed by atoms with Gasteiger partial charge < -0.3 is 10.4 Å². The number of carbonyl (C=O) groups excluding carboxylic acids is 1. The van der Waals surface area contributed by atoms with Crippen LogP contribution in [-0.2, 0) is 4.79 Å². The number of nitrogens with zero attached hydrogens (tertiary/aromatic N) is 1. The topological polar surface area (TPSA) is 90.2 Å². The van der Waals surface area contributed by atoms with Gasteiger partial charge in [0.15, 0.2) is 0 Å². The van der Waals surface area contributed by atoms with Gasteiger partial charge in [0.2, 0.25) is 0 Å². The molecule has 0 saturated carbocycles. The van der Waals surface area contributed by atoms with Gasteiger partial charge in [-0.2, -0.15) is 5.26 Å². The maximum atomic E-state index is 12.8. The molecule has 0 fully saturated rings. The van der Waals surface area contributed by atoms with Crippen molar-refractivity contribution in [1.82, 2.24) is 0 Å². The fraction of sp³-hybridized carbons (Fsp3) is 0. The zero-order valence-electron chi connectivity index (χ0n) is 15.8. The number of aromatic carboxylic acids is 1. The molecule has 0 aliphatic heterocycles.